The molecule has 0 N–H and O–H groups in total. The Balaban J connectivity index is 2.76. The summed E-state index contributed by atoms with van der Waals surface area (Å²) in [5.41, 5.74) is -1.32. The van der Waals surface area contributed by atoms with Gasteiger partial charge in [0.1, 0.15) is 12.3 Å². The Morgan fingerprint density at radius 1 is 1.12 bits per heavy atom. The first-order valence-corrected chi connectivity index (χ1v) is 3.78. The van der Waals surface area contributed by atoms with E-state index in [1.54, 1.807) is 0 Å². The minimum atomic E-state index is -4.93. The zero-order valence-electron chi connectivity index (χ0n) is 7.43. The van der Waals surface area contributed by atoms with Gasteiger partial charge in [-0.05, 0) is 6.07 Å². The smallest absolute Gasteiger partial charge is 0.284 e. The number of hydrogen-bond donors (Lipinski definition) is 0. The predicted octanol–water partition coefficient (Wildman–Crippen LogP) is 2.53. The Morgan fingerprint density at radius 3 is 2.25 bits per heavy atom. The SMILES string of the molecule is FC(F)(F)OCc1nccc(C(F)(F)F)n1. The zero-order chi connectivity index (χ0) is 12.4. The van der Waals surface area contributed by atoms with E-state index in [-0.39, 0.29) is 0 Å². The van der Waals surface area contributed by atoms with Gasteiger partial charge in [0.2, 0.25) is 0 Å². The third-order valence-electron chi connectivity index (χ3n) is 1.36. The first-order chi connectivity index (χ1) is 7.18. The summed E-state index contributed by atoms with van der Waals surface area (Å²) in [5.74, 6) is -0.688. The molecule has 90 valence electrons. The highest BCUT2D eigenvalue weighted by Gasteiger charge is 2.33. The second kappa shape index (κ2) is 4.24. The van der Waals surface area contributed by atoms with Crippen molar-refractivity contribution in [3.05, 3.63) is 23.8 Å². The summed E-state index contributed by atoms with van der Waals surface area (Å²) in [6, 6.07) is 0.553. The molecule has 0 spiro atoms. The van der Waals surface area contributed by atoms with Gasteiger partial charge < -0.3 is 0 Å². The zero-order valence-corrected chi connectivity index (χ0v) is 7.43. The predicted molar refractivity (Wildman–Crippen MR) is 37.9 cm³/mol. The lowest BCUT2D eigenvalue weighted by molar-refractivity contribution is -0.331. The van der Waals surface area contributed by atoms with E-state index < -0.39 is 30.7 Å². The molecule has 1 rings (SSSR count). The molecule has 0 aliphatic carbocycles. The lowest BCUT2D eigenvalue weighted by Gasteiger charge is -2.08. The van der Waals surface area contributed by atoms with Gasteiger partial charge >= 0.3 is 12.5 Å². The third kappa shape index (κ3) is 4.01. The van der Waals surface area contributed by atoms with E-state index in [1.807, 2.05) is 0 Å². The summed E-state index contributed by atoms with van der Waals surface area (Å²) in [4.78, 5) is 6.11. The number of alkyl halides is 6. The molecule has 0 aromatic carbocycles. The number of ether oxygens (including phenoxy) is 1. The summed E-state index contributed by atoms with van der Waals surface area (Å²) in [5, 5.41) is 0. The molecule has 9 heteroatoms. The molecule has 0 fully saturated rings. The molecule has 3 nitrogen and oxygen atoms in total. The molecular weight excluding hydrogens is 242 g/mol. The Kier molecular flexibility index (Phi) is 3.36. The highest BCUT2D eigenvalue weighted by Crippen LogP contribution is 2.27. The Bertz CT molecular complexity index is 361. The molecule has 1 aromatic heterocycles. The molecule has 0 radical (unpaired) electrons. The van der Waals surface area contributed by atoms with Crippen molar-refractivity contribution in [2.75, 3.05) is 0 Å². The number of hydrogen-bond acceptors (Lipinski definition) is 3. The van der Waals surface area contributed by atoms with Gasteiger partial charge in [0.15, 0.2) is 5.82 Å². The van der Waals surface area contributed by atoms with Crippen LogP contribution in [-0.4, -0.2) is 16.3 Å². The normalized spacial score (nSPS) is 12.9. The third-order valence-corrected chi connectivity index (χ3v) is 1.36. The quantitative estimate of drug-likeness (QED) is 0.752. The maximum Gasteiger partial charge on any atom is 0.522 e. The summed E-state index contributed by atoms with van der Waals surface area (Å²) < 4.78 is 74.3. The lowest BCUT2D eigenvalue weighted by Crippen LogP contribution is -2.16. The fourth-order valence-corrected chi connectivity index (χ4v) is 0.773. The van der Waals surface area contributed by atoms with Gasteiger partial charge in [-0.1, -0.05) is 0 Å². The molecule has 1 aromatic rings. The summed E-state index contributed by atoms with van der Waals surface area (Å²) >= 11 is 0. The van der Waals surface area contributed by atoms with E-state index in [0.29, 0.717) is 12.3 Å². The molecule has 0 bridgehead atoms. The van der Waals surface area contributed by atoms with Crippen LogP contribution in [0.25, 0.3) is 0 Å². The highest BCUT2D eigenvalue weighted by molar-refractivity contribution is 5.05. The molecule has 0 saturated carbocycles. The van der Waals surface area contributed by atoms with Crippen molar-refractivity contribution in [2.45, 2.75) is 19.1 Å². The van der Waals surface area contributed by atoms with Gasteiger partial charge in [-0.25, -0.2) is 9.97 Å². The van der Waals surface area contributed by atoms with E-state index in [2.05, 4.69) is 14.7 Å². The molecule has 0 atom stereocenters. The molecule has 16 heavy (non-hydrogen) atoms. The van der Waals surface area contributed by atoms with Crippen molar-refractivity contribution in [1.29, 1.82) is 0 Å². The first kappa shape index (κ1) is 12.7. The maximum atomic E-state index is 12.1. The number of aromatic nitrogens is 2. The van der Waals surface area contributed by atoms with E-state index in [4.69, 9.17) is 0 Å². The largest absolute Gasteiger partial charge is 0.522 e. The topological polar surface area (TPSA) is 35.0 Å². The number of nitrogens with zero attached hydrogens (tertiary/aromatic N) is 2. The van der Waals surface area contributed by atoms with Gasteiger partial charge in [0.25, 0.3) is 0 Å². The second-order valence-electron chi connectivity index (χ2n) is 2.59. The fourth-order valence-electron chi connectivity index (χ4n) is 0.773. The van der Waals surface area contributed by atoms with Crippen LogP contribution in [0.5, 0.6) is 0 Å². The van der Waals surface area contributed by atoms with E-state index in [9.17, 15) is 26.3 Å². The molecule has 0 aliphatic rings. The van der Waals surface area contributed by atoms with Crippen molar-refractivity contribution in [3.8, 4) is 0 Å². The standard InChI is InChI=1S/C7H4F6N2O/c8-6(9,10)4-1-2-14-5(15-4)3-16-7(11,12)13/h1-2H,3H2. The first-order valence-electron chi connectivity index (χ1n) is 3.78. The van der Waals surface area contributed by atoms with Crippen molar-refractivity contribution < 1.29 is 31.1 Å². The Morgan fingerprint density at radius 2 is 1.75 bits per heavy atom. The Labute approximate surface area is 85.1 Å². The molecule has 1 heterocycles. The van der Waals surface area contributed by atoms with E-state index in [0.717, 1.165) is 0 Å². The molecule has 0 aliphatic heterocycles. The van der Waals surface area contributed by atoms with Gasteiger partial charge in [-0.2, -0.15) is 13.2 Å². The summed E-state index contributed by atoms with van der Waals surface area (Å²) in [6.07, 6.45) is -8.95. The van der Waals surface area contributed by atoms with Crippen molar-refractivity contribution >= 4 is 0 Å². The maximum absolute atomic E-state index is 12.1. The van der Waals surface area contributed by atoms with Crippen LogP contribution in [0.15, 0.2) is 12.3 Å². The van der Waals surface area contributed by atoms with Crippen LogP contribution < -0.4 is 0 Å². The van der Waals surface area contributed by atoms with Crippen LogP contribution in [0.3, 0.4) is 0 Å². The minimum Gasteiger partial charge on any atom is -0.284 e. The molecule has 0 amide bonds. The average molecular weight is 246 g/mol. The van der Waals surface area contributed by atoms with Crippen LogP contribution in [0.1, 0.15) is 11.5 Å². The molecule has 0 saturated heterocycles. The van der Waals surface area contributed by atoms with Gasteiger partial charge in [-0.15, -0.1) is 13.2 Å². The van der Waals surface area contributed by atoms with Crippen LogP contribution >= 0.6 is 0 Å². The van der Waals surface area contributed by atoms with Crippen molar-refractivity contribution in [2.24, 2.45) is 0 Å². The molecule has 0 unspecified atom stereocenters. The van der Waals surface area contributed by atoms with Crippen LogP contribution in [-0.2, 0) is 17.5 Å². The Hall–Kier alpha value is -1.38. The minimum absolute atomic E-state index is 0.553. The average Bonchev–Trinajstić information content (AvgIpc) is 2.13. The number of rotatable bonds is 2. The summed E-state index contributed by atoms with van der Waals surface area (Å²) in [7, 11) is 0. The van der Waals surface area contributed by atoms with Gasteiger partial charge in [0, 0.05) is 6.20 Å². The summed E-state index contributed by atoms with van der Waals surface area (Å²) in [6.45, 7) is -1.16. The van der Waals surface area contributed by atoms with E-state index >= 15 is 0 Å². The fraction of sp³-hybridized carbons (Fsp3) is 0.429. The van der Waals surface area contributed by atoms with E-state index in [1.165, 1.54) is 0 Å². The van der Waals surface area contributed by atoms with Gasteiger partial charge in [-0.3, -0.25) is 4.74 Å². The van der Waals surface area contributed by atoms with Crippen molar-refractivity contribution in [1.82, 2.24) is 9.97 Å². The van der Waals surface area contributed by atoms with Gasteiger partial charge in [0.05, 0.1) is 0 Å². The van der Waals surface area contributed by atoms with Crippen LogP contribution in [0, 0.1) is 0 Å². The van der Waals surface area contributed by atoms with Crippen LogP contribution in [0.4, 0.5) is 26.3 Å². The molecular formula is C7H4F6N2O. The number of halogens is 6. The van der Waals surface area contributed by atoms with Crippen molar-refractivity contribution in [3.63, 3.8) is 0 Å². The lowest BCUT2D eigenvalue weighted by atomic mass is 10.4. The van der Waals surface area contributed by atoms with Crippen LogP contribution in [0.2, 0.25) is 0 Å². The second-order valence-corrected chi connectivity index (χ2v) is 2.59. The monoisotopic (exact) mass is 246 g/mol. The highest BCUT2D eigenvalue weighted by atomic mass is 19.4.